The highest BCUT2D eigenvalue weighted by molar-refractivity contribution is 7.92. The van der Waals surface area contributed by atoms with E-state index < -0.39 is 33.4 Å². The molecule has 40 heavy (non-hydrogen) atoms. The van der Waals surface area contributed by atoms with Crippen LogP contribution in [0.25, 0.3) is 0 Å². The van der Waals surface area contributed by atoms with Gasteiger partial charge in [0.1, 0.15) is 12.6 Å². The first-order chi connectivity index (χ1) is 19.1. The van der Waals surface area contributed by atoms with Crippen LogP contribution in [-0.2, 0) is 26.2 Å². The monoisotopic (exact) mass is 566 g/mol. The van der Waals surface area contributed by atoms with Crippen LogP contribution in [-0.4, -0.2) is 48.7 Å². The third-order valence-corrected chi connectivity index (χ3v) is 8.33. The topological polar surface area (TPSA) is 130 Å². The molecular formula is C29H34N4O6S. The summed E-state index contributed by atoms with van der Waals surface area (Å²) in [6.45, 7) is 5.08. The number of carbonyl (C=O) groups excluding carboxylic acids is 2. The lowest BCUT2D eigenvalue weighted by molar-refractivity contribution is -0.384. The number of non-ortho nitro benzene ring substituents is 1. The van der Waals surface area contributed by atoms with E-state index in [1.807, 2.05) is 44.2 Å². The lowest BCUT2D eigenvalue weighted by atomic mass is 10.1. The molecule has 2 amide bonds. The van der Waals surface area contributed by atoms with Gasteiger partial charge in [-0.05, 0) is 49.6 Å². The summed E-state index contributed by atoms with van der Waals surface area (Å²) in [6.07, 6.45) is 1.02. The van der Waals surface area contributed by atoms with Crippen LogP contribution in [0.5, 0.6) is 0 Å². The van der Waals surface area contributed by atoms with Crippen LogP contribution in [0.2, 0.25) is 0 Å². The molecule has 3 aromatic rings. The summed E-state index contributed by atoms with van der Waals surface area (Å²) in [4.78, 5) is 39.2. The predicted molar refractivity (Wildman–Crippen MR) is 153 cm³/mol. The summed E-state index contributed by atoms with van der Waals surface area (Å²) in [5.41, 5.74) is 0.642. The lowest BCUT2D eigenvalue weighted by Gasteiger charge is -2.33. The molecule has 0 unspecified atom stereocenters. The van der Waals surface area contributed by atoms with Crippen molar-refractivity contribution in [3.8, 4) is 0 Å². The molecule has 0 aromatic heterocycles. The van der Waals surface area contributed by atoms with Crippen LogP contribution in [0.4, 0.5) is 11.4 Å². The summed E-state index contributed by atoms with van der Waals surface area (Å²) in [6, 6.07) is 20.8. The number of nitrogens with one attached hydrogen (secondary N) is 1. The van der Waals surface area contributed by atoms with Crippen molar-refractivity contribution in [3.05, 3.63) is 101 Å². The Morgan fingerprint density at radius 2 is 1.48 bits per heavy atom. The zero-order valence-corrected chi connectivity index (χ0v) is 23.6. The zero-order chi connectivity index (χ0) is 29.3. The average Bonchev–Trinajstić information content (AvgIpc) is 2.96. The van der Waals surface area contributed by atoms with Crippen LogP contribution in [0.1, 0.15) is 39.2 Å². The molecule has 10 nitrogen and oxygen atoms in total. The first kappa shape index (κ1) is 30.3. The summed E-state index contributed by atoms with van der Waals surface area (Å²) >= 11 is 0. The van der Waals surface area contributed by atoms with Crippen LogP contribution in [0.3, 0.4) is 0 Å². The van der Waals surface area contributed by atoms with E-state index in [1.54, 1.807) is 25.1 Å². The van der Waals surface area contributed by atoms with E-state index in [9.17, 15) is 28.1 Å². The second kappa shape index (κ2) is 13.7. The Morgan fingerprint density at radius 1 is 0.900 bits per heavy atom. The van der Waals surface area contributed by atoms with Gasteiger partial charge in [-0.2, -0.15) is 0 Å². The number of nitrogens with zero attached hydrogens (tertiary/aromatic N) is 3. The highest BCUT2D eigenvalue weighted by atomic mass is 32.2. The number of carbonyl (C=O) groups is 2. The van der Waals surface area contributed by atoms with Crippen LogP contribution in [0, 0.1) is 10.1 Å². The summed E-state index contributed by atoms with van der Waals surface area (Å²) in [5, 5.41) is 14.1. The molecule has 0 aliphatic carbocycles. The number of nitro benzene ring substituents is 1. The number of hydrogen-bond donors (Lipinski definition) is 1. The second-order valence-electron chi connectivity index (χ2n) is 9.35. The largest absolute Gasteiger partial charge is 0.352 e. The summed E-state index contributed by atoms with van der Waals surface area (Å²) < 4.78 is 28.5. The van der Waals surface area contributed by atoms with Gasteiger partial charge in [0.25, 0.3) is 15.7 Å². The molecule has 11 heteroatoms. The Bertz CT molecular complexity index is 1400. The fraction of sp³-hybridized carbons (Fsp3) is 0.310. The molecule has 3 aromatic carbocycles. The molecule has 3 rings (SSSR count). The first-order valence-electron chi connectivity index (χ1n) is 13.0. The number of nitro groups is 1. The van der Waals surface area contributed by atoms with Gasteiger partial charge < -0.3 is 10.2 Å². The highest BCUT2D eigenvalue weighted by Crippen LogP contribution is 2.26. The predicted octanol–water partition coefficient (Wildman–Crippen LogP) is 4.51. The molecule has 0 saturated heterocycles. The van der Waals surface area contributed by atoms with Crippen molar-refractivity contribution in [1.29, 1.82) is 0 Å². The van der Waals surface area contributed by atoms with Gasteiger partial charge in [-0.3, -0.25) is 24.0 Å². The van der Waals surface area contributed by atoms with Gasteiger partial charge >= 0.3 is 0 Å². The van der Waals surface area contributed by atoms with Crippen LogP contribution in [0.15, 0.2) is 89.8 Å². The van der Waals surface area contributed by atoms with Crippen molar-refractivity contribution in [2.75, 3.05) is 10.8 Å². The standard InChI is InChI=1S/C29H34N4O6S/c1-4-22(3)30-29(35)27(5-2)31(20-23-12-8-6-9-13-23)28(34)21-32(24-16-18-25(19-17-24)33(36)37)40(38,39)26-14-10-7-11-15-26/h6-19,22,27H,4-5,20-21H2,1-3H3,(H,30,35)/t22-,27+/m1/s1. The van der Waals surface area contributed by atoms with Gasteiger partial charge in [0, 0.05) is 24.7 Å². The van der Waals surface area contributed by atoms with Gasteiger partial charge in [-0.15, -0.1) is 0 Å². The Morgan fingerprint density at radius 3 is 2.00 bits per heavy atom. The van der Waals surface area contributed by atoms with Gasteiger partial charge in [0.05, 0.1) is 15.5 Å². The van der Waals surface area contributed by atoms with Crippen molar-refractivity contribution >= 4 is 33.2 Å². The Hall–Kier alpha value is -4.25. The van der Waals surface area contributed by atoms with E-state index in [0.717, 1.165) is 9.87 Å². The van der Waals surface area contributed by atoms with E-state index >= 15 is 0 Å². The van der Waals surface area contributed by atoms with E-state index in [0.29, 0.717) is 12.8 Å². The van der Waals surface area contributed by atoms with Crippen LogP contribution >= 0.6 is 0 Å². The smallest absolute Gasteiger partial charge is 0.269 e. The maximum atomic E-state index is 14.0. The molecule has 2 atom stereocenters. The number of anilines is 1. The second-order valence-corrected chi connectivity index (χ2v) is 11.2. The number of rotatable bonds is 13. The van der Waals surface area contributed by atoms with Gasteiger partial charge in [0.2, 0.25) is 11.8 Å². The van der Waals surface area contributed by atoms with E-state index in [-0.39, 0.29) is 34.8 Å². The average molecular weight is 567 g/mol. The Labute approximate surface area is 234 Å². The van der Waals surface area contributed by atoms with E-state index in [1.165, 1.54) is 41.3 Å². The van der Waals surface area contributed by atoms with Crippen molar-refractivity contribution in [2.24, 2.45) is 0 Å². The van der Waals surface area contributed by atoms with Gasteiger partial charge in [-0.25, -0.2) is 8.42 Å². The van der Waals surface area contributed by atoms with Crippen molar-refractivity contribution in [1.82, 2.24) is 10.2 Å². The SMILES string of the molecule is CC[C@@H](C)NC(=O)[C@H](CC)N(Cc1ccccc1)C(=O)CN(c1ccc([N+](=O)[O-])cc1)S(=O)(=O)c1ccccc1. The molecular weight excluding hydrogens is 532 g/mol. The minimum atomic E-state index is -4.25. The molecule has 0 aliphatic rings. The maximum Gasteiger partial charge on any atom is 0.269 e. The third kappa shape index (κ3) is 7.44. The van der Waals surface area contributed by atoms with Crippen molar-refractivity contribution < 1.29 is 22.9 Å². The molecule has 0 saturated carbocycles. The Balaban J connectivity index is 2.05. The minimum absolute atomic E-state index is 0.0442. The number of sulfonamides is 1. The molecule has 0 bridgehead atoms. The molecule has 0 radical (unpaired) electrons. The van der Waals surface area contributed by atoms with Crippen molar-refractivity contribution in [3.63, 3.8) is 0 Å². The maximum absolute atomic E-state index is 14.0. The number of benzene rings is 3. The number of amides is 2. The summed E-state index contributed by atoms with van der Waals surface area (Å²) in [7, 11) is -4.25. The molecule has 0 heterocycles. The molecule has 0 fully saturated rings. The molecule has 212 valence electrons. The van der Waals surface area contributed by atoms with Gasteiger partial charge in [-0.1, -0.05) is 62.4 Å². The van der Waals surface area contributed by atoms with Crippen molar-refractivity contribution in [2.45, 2.75) is 57.1 Å². The fourth-order valence-electron chi connectivity index (χ4n) is 4.13. The Kier molecular flexibility index (Phi) is 10.4. The first-order valence-corrected chi connectivity index (χ1v) is 14.5. The lowest BCUT2D eigenvalue weighted by Crippen LogP contribution is -2.53. The zero-order valence-electron chi connectivity index (χ0n) is 22.8. The third-order valence-electron chi connectivity index (χ3n) is 6.54. The fourth-order valence-corrected chi connectivity index (χ4v) is 5.56. The normalized spacial score (nSPS) is 12.7. The summed E-state index contributed by atoms with van der Waals surface area (Å²) in [5.74, 6) is -0.915. The number of hydrogen-bond acceptors (Lipinski definition) is 6. The molecule has 0 spiro atoms. The van der Waals surface area contributed by atoms with Gasteiger partial charge in [0.15, 0.2) is 0 Å². The van der Waals surface area contributed by atoms with E-state index in [2.05, 4.69) is 5.32 Å². The molecule has 1 N–H and O–H groups in total. The quantitative estimate of drug-likeness (QED) is 0.239. The molecule has 0 aliphatic heterocycles. The minimum Gasteiger partial charge on any atom is -0.352 e. The van der Waals surface area contributed by atoms with E-state index in [4.69, 9.17) is 0 Å². The highest BCUT2D eigenvalue weighted by Gasteiger charge is 2.34. The van der Waals surface area contributed by atoms with Crippen LogP contribution < -0.4 is 9.62 Å².